The number of aromatic nitrogens is 2. The molecule has 1 N–H and O–H groups in total. The van der Waals surface area contributed by atoms with Crippen molar-refractivity contribution < 1.29 is 17.2 Å². The molecule has 1 saturated carbocycles. The van der Waals surface area contributed by atoms with Crippen LogP contribution in [0.2, 0.25) is 0 Å². The molecule has 3 saturated heterocycles. The zero-order chi connectivity index (χ0) is 21.5. The predicted molar refractivity (Wildman–Crippen MR) is 114 cm³/mol. The van der Waals surface area contributed by atoms with Gasteiger partial charge in [0.1, 0.15) is 0 Å². The number of benzene rings is 1. The smallest absolute Gasteiger partial charge is 0.263 e. The summed E-state index contributed by atoms with van der Waals surface area (Å²) in [6, 6.07) is 3.33. The average molecular weight is 450 g/mol. The Kier molecular flexibility index (Phi) is 4.09. The second kappa shape index (κ2) is 6.48. The summed E-state index contributed by atoms with van der Waals surface area (Å²) in [6.07, 6.45) is -0.226. The normalized spacial score (nSPS) is 30.7. The molecule has 3 atom stereocenters. The Labute approximate surface area is 179 Å². The van der Waals surface area contributed by atoms with Crippen molar-refractivity contribution in [2.75, 3.05) is 54.9 Å². The van der Waals surface area contributed by atoms with Gasteiger partial charge in [0, 0.05) is 54.8 Å². The summed E-state index contributed by atoms with van der Waals surface area (Å²) in [5, 5.41) is 4.02. The van der Waals surface area contributed by atoms with Gasteiger partial charge in [-0.05, 0) is 37.4 Å². The predicted octanol–water partition coefficient (Wildman–Crippen LogP) is 2.16. The summed E-state index contributed by atoms with van der Waals surface area (Å²) in [5.41, 5.74) is 0.977. The van der Waals surface area contributed by atoms with Crippen molar-refractivity contribution in [2.24, 2.45) is 17.3 Å². The third kappa shape index (κ3) is 3.26. The van der Waals surface area contributed by atoms with E-state index in [1.807, 2.05) is 4.90 Å². The fourth-order valence-corrected chi connectivity index (χ4v) is 8.21. The van der Waals surface area contributed by atoms with E-state index >= 15 is 0 Å². The number of nitrogens with one attached hydrogen (secondary N) is 1. The number of likely N-dealkylation sites (tertiary alicyclic amines) is 1. The number of rotatable bonds is 4. The van der Waals surface area contributed by atoms with Crippen LogP contribution in [0.15, 0.2) is 18.3 Å². The first-order valence-electron chi connectivity index (χ1n) is 10.7. The van der Waals surface area contributed by atoms with Crippen LogP contribution in [-0.4, -0.2) is 74.1 Å². The van der Waals surface area contributed by atoms with Crippen molar-refractivity contribution >= 4 is 32.4 Å². The lowest BCUT2D eigenvalue weighted by Crippen LogP contribution is -2.50. The molecular formula is C21H25F2N5O2S. The number of anilines is 2. The quantitative estimate of drug-likeness (QED) is 0.766. The number of piperidine rings is 1. The minimum absolute atomic E-state index is 0.0613. The van der Waals surface area contributed by atoms with Crippen molar-refractivity contribution in [1.82, 2.24) is 14.9 Å². The van der Waals surface area contributed by atoms with E-state index in [0.29, 0.717) is 53.5 Å². The van der Waals surface area contributed by atoms with Gasteiger partial charge in [-0.25, -0.2) is 27.2 Å². The lowest BCUT2D eigenvalue weighted by molar-refractivity contribution is 0.151. The van der Waals surface area contributed by atoms with Crippen LogP contribution < -0.4 is 10.2 Å². The highest BCUT2D eigenvalue weighted by atomic mass is 32.2. The van der Waals surface area contributed by atoms with Gasteiger partial charge in [0.15, 0.2) is 9.84 Å². The highest BCUT2D eigenvalue weighted by Gasteiger charge is 2.55. The van der Waals surface area contributed by atoms with Crippen molar-refractivity contribution in [2.45, 2.75) is 18.9 Å². The molecule has 4 heterocycles. The second-order valence-corrected chi connectivity index (χ2v) is 12.0. The molecule has 1 spiro atoms. The number of fused-ring (bicyclic) bond motifs is 2. The average Bonchev–Trinajstić information content (AvgIpc) is 3.04. The van der Waals surface area contributed by atoms with E-state index in [4.69, 9.17) is 4.98 Å². The Bertz CT molecular complexity index is 1150. The van der Waals surface area contributed by atoms with Crippen LogP contribution in [0, 0.1) is 17.3 Å². The van der Waals surface area contributed by atoms with E-state index in [9.17, 15) is 17.2 Å². The molecule has 2 aromatic rings. The summed E-state index contributed by atoms with van der Waals surface area (Å²) in [5.74, 6) is 2.13. The Morgan fingerprint density at radius 3 is 2.65 bits per heavy atom. The molecule has 0 radical (unpaired) electrons. The van der Waals surface area contributed by atoms with Gasteiger partial charge in [-0.1, -0.05) is 0 Å². The number of sulfone groups is 1. The van der Waals surface area contributed by atoms with Gasteiger partial charge in [0.25, 0.3) is 6.43 Å². The maximum Gasteiger partial charge on any atom is 0.263 e. The Morgan fingerprint density at radius 1 is 1.23 bits per heavy atom. The first-order valence-corrected chi connectivity index (χ1v) is 12.5. The zero-order valence-corrected chi connectivity index (χ0v) is 18.1. The van der Waals surface area contributed by atoms with Crippen molar-refractivity contribution in [3.8, 4) is 0 Å². The fourth-order valence-electron chi connectivity index (χ4n) is 5.95. The molecule has 166 valence electrons. The lowest BCUT2D eigenvalue weighted by atomic mass is 9.91. The molecule has 6 rings (SSSR count). The minimum Gasteiger partial charge on any atom is -0.369 e. The van der Waals surface area contributed by atoms with Crippen LogP contribution >= 0.6 is 0 Å². The number of nitrogens with zero attached hydrogens (tertiary/aromatic N) is 4. The summed E-state index contributed by atoms with van der Waals surface area (Å²) in [7, 11) is -0.830. The molecule has 3 aliphatic heterocycles. The zero-order valence-electron chi connectivity index (χ0n) is 17.3. The third-order valence-corrected chi connectivity index (χ3v) is 9.55. The summed E-state index contributed by atoms with van der Waals surface area (Å²) >= 11 is 0. The summed E-state index contributed by atoms with van der Waals surface area (Å²) in [4.78, 5) is 13.5. The number of alkyl halides is 2. The molecule has 4 fully saturated rings. The van der Waals surface area contributed by atoms with Gasteiger partial charge < -0.3 is 15.1 Å². The largest absolute Gasteiger partial charge is 0.369 e. The number of hydrogen-bond donors (Lipinski definition) is 1. The van der Waals surface area contributed by atoms with Crippen molar-refractivity contribution in [3.63, 3.8) is 0 Å². The van der Waals surface area contributed by atoms with Crippen molar-refractivity contribution in [3.05, 3.63) is 23.9 Å². The van der Waals surface area contributed by atoms with Gasteiger partial charge in [0.2, 0.25) is 5.95 Å². The molecule has 7 nitrogen and oxygen atoms in total. The maximum atomic E-state index is 13.6. The van der Waals surface area contributed by atoms with Gasteiger partial charge in [-0.15, -0.1) is 0 Å². The van der Waals surface area contributed by atoms with E-state index in [1.54, 1.807) is 6.20 Å². The number of hydrogen-bond acceptors (Lipinski definition) is 7. The monoisotopic (exact) mass is 449 g/mol. The van der Waals surface area contributed by atoms with Gasteiger partial charge in [-0.3, -0.25) is 0 Å². The van der Waals surface area contributed by atoms with E-state index in [2.05, 4.69) is 22.2 Å². The van der Waals surface area contributed by atoms with Crippen LogP contribution in [0.25, 0.3) is 10.9 Å². The van der Waals surface area contributed by atoms with E-state index in [-0.39, 0.29) is 22.5 Å². The Morgan fingerprint density at radius 2 is 1.97 bits per heavy atom. The number of halogens is 2. The highest BCUT2D eigenvalue weighted by molar-refractivity contribution is 7.92. The van der Waals surface area contributed by atoms with Crippen LogP contribution in [-0.2, 0) is 9.84 Å². The standard InChI is InChI=1S/C21H25F2N5O2S/c1-27-7-14-15(8-27)18(14)26-20-24-6-13-4-12(19(22)23)5-16(17(13)25-20)28-3-2-21(9-28)10-31(29,30)11-21/h4-6,14-15,18-19H,2-3,7-11H2,1H3,(H,24,25,26)/t14-,15+,18+. The summed E-state index contributed by atoms with van der Waals surface area (Å²) < 4.78 is 50.6. The van der Waals surface area contributed by atoms with Crippen LogP contribution in [0.3, 0.4) is 0 Å². The maximum absolute atomic E-state index is 13.6. The molecule has 0 unspecified atom stereocenters. The molecule has 0 bridgehead atoms. The second-order valence-electron chi connectivity index (χ2n) is 9.90. The summed E-state index contributed by atoms with van der Waals surface area (Å²) in [6.45, 7) is 3.33. The molecule has 1 aromatic heterocycles. The van der Waals surface area contributed by atoms with Crippen LogP contribution in [0.4, 0.5) is 20.4 Å². The van der Waals surface area contributed by atoms with Gasteiger partial charge in [-0.2, -0.15) is 0 Å². The Balaban J connectivity index is 1.32. The van der Waals surface area contributed by atoms with E-state index < -0.39 is 16.3 Å². The topological polar surface area (TPSA) is 78.4 Å². The van der Waals surface area contributed by atoms with Crippen molar-refractivity contribution in [1.29, 1.82) is 0 Å². The van der Waals surface area contributed by atoms with Gasteiger partial charge in [0.05, 0.1) is 22.7 Å². The molecule has 1 aromatic carbocycles. The van der Waals surface area contributed by atoms with E-state index in [0.717, 1.165) is 19.5 Å². The highest BCUT2D eigenvalue weighted by Crippen LogP contribution is 2.47. The molecule has 10 heteroatoms. The molecule has 4 aliphatic rings. The third-order valence-electron chi connectivity index (χ3n) is 7.44. The van der Waals surface area contributed by atoms with Gasteiger partial charge >= 0.3 is 0 Å². The first-order chi connectivity index (χ1) is 14.7. The fraction of sp³-hybridized carbons (Fsp3) is 0.619. The minimum atomic E-state index is -2.95. The SMILES string of the molecule is CN1C[C@@H]2[C@H](C1)[C@H]2Nc1ncc2cc(C(F)F)cc(N3CCC4(C3)CS(=O)(=O)C4)c2n1. The molecular weight excluding hydrogens is 424 g/mol. The molecule has 31 heavy (non-hydrogen) atoms. The molecule has 1 aliphatic carbocycles. The van der Waals surface area contributed by atoms with Crippen LogP contribution in [0.5, 0.6) is 0 Å². The van der Waals surface area contributed by atoms with Crippen LogP contribution in [0.1, 0.15) is 18.4 Å². The lowest BCUT2D eigenvalue weighted by Gasteiger charge is -2.37. The first kappa shape index (κ1) is 19.6. The van der Waals surface area contributed by atoms with E-state index in [1.165, 1.54) is 12.1 Å². The Hall–Kier alpha value is -2.07. The molecule has 0 amide bonds.